The minimum Gasteiger partial charge on any atom is -0.362 e. The molecule has 1 aromatic rings. The lowest BCUT2D eigenvalue weighted by Crippen LogP contribution is -2.56. The van der Waals surface area contributed by atoms with Crippen LogP contribution in [0.5, 0.6) is 0 Å². The Bertz CT molecular complexity index is 657. The van der Waals surface area contributed by atoms with Crippen LogP contribution in [0.3, 0.4) is 0 Å². The molecule has 30 heavy (non-hydrogen) atoms. The first-order valence-electron chi connectivity index (χ1n) is 10.8. The summed E-state index contributed by atoms with van der Waals surface area (Å²) in [6, 6.07) is -0.158. The molecule has 168 valence electrons. The maximum Gasteiger partial charge on any atom is 0.180 e. The van der Waals surface area contributed by atoms with E-state index in [0.717, 1.165) is 36.6 Å². The number of anilines is 3. The van der Waals surface area contributed by atoms with Gasteiger partial charge >= 0.3 is 0 Å². The molecule has 12 nitrogen and oxygen atoms in total. The van der Waals surface area contributed by atoms with E-state index in [-0.39, 0.29) is 36.3 Å². The zero-order valence-electron chi connectivity index (χ0n) is 17.5. The molecule has 3 fully saturated rings. The smallest absolute Gasteiger partial charge is 0.180 e. The molecule has 0 saturated carbocycles. The number of nitrogens with zero attached hydrogens (tertiary/aromatic N) is 6. The second kappa shape index (κ2) is 8.73. The second-order valence-electron chi connectivity index (χ2n) is 9.27. The van der Waals surface area contributed by atoms with Crippen LogP contribution in [-0.2, 0) is 0 Å². The largest absolute Gasteiger partial charge is 0.362 e. The summed E-state index contributed by atoms with van der Waals surface area (Å²) >= 11 is 0. The van der Waals surface area contributed by atoms with Crippen LogP contribution in [0.15, 0.2) is 0 Å². The number of hydrogen-bond acceptors (Lipinski definition) is 12. The van der Waals surface area contributed by atoms with Crippen molar-refractivity contribution in [2.45, 2.75) is 55.5 Å². The molecule has 12 N–H and O–H groups in total. The van der Waals surface area contributed by atoms with E-state index in [1.165, 1.54) is 0 Å². The molecule has 3 aliphatic heterocycles. The monoisotopic (exact) mass is 420 g/mol. The van der Waals surface area contributed by atoms with E-state index >= 15 is 0 Å². The van der Waals surface area contributed by atoms with Crippen molar-refractivity contribution in [1.29, 1.82) is 0 Å². The zero-order chi connectivity index (χ0) is 21.4. The van der Waals surface area contributed by atoms with Gasteiger partial charge in [-0.3, -0.25) is 0 Å². The third kappa shape index (κ3) is 4.58. The summed E-state index contributed by atoms with van der Waals surface area (Å²) in [4.78, 5) is 6.41. The molecule has 0 aliphatic carbocycles. The van der Waals surface area contributed by atoms with Gasteiger partial charge in [-0.25, -0.2) is 0 Å². The first kappa shape index (κ1) is 21.4. The highest BCUT2D eigenvalue weighted by atomic mass is 15.4. The van der Waals surface area contributed by atoms with Crippen LogP contribution in [-0.4, -0.2) is 90.9 Å². The number of piperidine rings is 3. The van der Waals surface area contributed by atoms with E-state index in [1.807, 2.05) is 0 Å². The predicted molar refractivity (Wildman–Crippen MR) is 118 cm³/mol. The van der Waals surface area contributed by atoms with Gasteiger partial charge in [0.15, 0.2) is 11.6 Å². The van der Waals surface area contributed by atoms with Gasteiger partial charge in [0, 0.05) is 75.5 Å². The molecule has 6 atom stereocenters. The van der Waals surface area contributed by atoms with Crippen molar-refractivity contribution in [3.05, 3.63) is 0 Å². The van der Waals surface area contributed by atoms with Crippen LogP contribution >= 0.6 is 0 Å². The van der Waals surface area contributed by atoms with Gasteiger partial charge in [0.05, 0.1) is 0 Å². The SMILES string of the molecule is NC1CC(N)CN(c2nnnc(N3CC(N)CC(N)C3)c2N2CC(N)CC(N)C2)C1. The second-order valence-corrected chi connectivity index (χ2v) is 9.27. The van der Waals surface area contributed by atoms with Crippen LogP contribution in [0.25, 0.3) is 0 Å². The van der Waals surface area contributed by atoms with E-state index < -0.39 is 0 Å². The summed E-state index contributed by atoms with van der Waals surface area (Å²) in [5.41, 5.74) is 38.5. The molecule has 0 spiro atoms. The van der Waals surface area contributed by atoms with Crippen LogP contribution < -0.4 is 49.1 Å². The Morgan fingerprint density at radius 2 is 0.800 bits per heavy atom. The van der Waals surface area contributed by atoms with Crippen molar-refractivity contribution >= 4 is 17.3 Å². The van der Waals surface area contributed by atoms with Gasteiger partial charge < -0.3 is 49.1 Å². The first-order chi connectivity index (χ1) is 14.3. The standard InChI is InChI=1S/C18H36N12/c19-10-1-11(20)5-28(4-10)16-17(29-6-12(21)2-13(22)7-29)25-27-26-18(16)30-8-14(23)3-15(24)9-30/h10-15H,1-9,19-24H2. The predicted octanol–water partition coefficient (Wildman–Crippen LogP) is -3.53. The minimum atomic E-state index is -0.0284. The van der Waals surface area contributed by atoms with Crippen LogP contribution in [0.1, 0.15) is 19.3 Å². The number of aromatic nitrogens is 3. The number of rotatable bonds is 3. The summed E-state index contributed by atoms with van der Waals surface area (Å²) in [5.74, 6) is 1.44. The molecule has 3 aliphatic rings. The molecular formula is C18H36N12. The first-order valence-corrected chi connectivity index (χ1v) is 10.8. The maximum absolute atomic E-state index is 6.31. The van der Waals surface area contributed by atoms with Crippen LogP contribution in [0.2, 0.25) is 0 Å². The van der Waals surface area contributed by atoms with E-state index in [2.05, 4.69) is 30.1 Å². The quantitative estimate of drug-likeness (QED) is 0.281. The minimum absolute atomic E-state index is 0.0253. The van der Waals surface area contributed by atoms with Crippen molar-refractivity contribution < 1.29 is 0 Å². The average molecular weight is 421 g/mol. The Labute approximate surface area is 177 Å². The molecule has 0 aromatic carbocycles. The van der Waals surface area contributed by atoms with E-state index in [0.29, 0.717) is 39.3 Å². The van der Waals surface area contributed by atoms with Crippen LogP contribution in [0.4, 0.5) is 17.3 Å². The molecule has 4 rings (SSSR count). The van der Waals surface area contributed by atoms with E-state index in [4.69, 9.17) is 34.4 Å². The Morgan fingerprint density at radius 3 is 1.13 bits per heavy atom. The Hall–Kier alpha value is -1.83. The molecule has 0 bridgehead atoms. The summed E-state index contributed by atoms with van der Waals surface area (Å²) in [5, 5.41) is 13.0. The van der Waals surface area contributed by atoms with Gasteiger partial charge in [0.2, 0.25) is 0 Å². The number of nitrogens with two attached hydrogens (primary N) is 6. The topological polar surface area (TPSA) is 205 Å². The lowest BCUT2D eigenvalue weighted by Gasteiger charge is -2.43. The van der Waals surface area contributed by atoms with Gasteiger partial charge in [0.25, 0.3) is 0 Å². The Morgan fingerprint density at radius 1 is 0.500 bits per heavy atom. The summed E-state index contributed by atoms with van der Waals surface area (Å²) in [6.07, 6.45) is 2.35. The molecule has 3 saturated heterocycles. The normalized spacial score (nSPS) is 35.6. The van der Waals surface area contributed by atoms with Crippen molar-refractivity contribution in [1.82, 2.24) is 15.4 Å². The fourth-order valence-electron chi connectivity index (χ4n) is 5.08. The highest BCUT2D eigenvalue weighted by Gasteiger charge is 2.35. The van der Waals surface area contributed by atoms with Gasteiger partial charge in [-0.05, 0) is 24.5 Å². The average Bonchev–Trinajstić information content (AvgIpc) is 2.65. The summed E-state index contributed by atoms with van der Waals surface area (Å²) in [7, 11) is 0. The third-order valence-corrected chi connectivity index (χ3v) is 6.16. The molecule has 1 aromatic heterocycles. The van der Waals surface area contributed by atoms with Crippen molar-refractivity contribution in [3.63, 3.8) is 0 Å². The van der Waals surface area contributed by atoms with Crippen molar-refractivity contribution in [2.75, 3.05) is 54.0 Å². The molecule has 6 unspecified atom stereocenters. The fourth-order valence-corrected chi connectivity index (χ4v) is 5.08. The lowest BCUT2D eigenvalue weighted by molar-refractivity contribution is 0.434. The molecule has 4 heterocycles. The number of hydrogen-bond donors (Lipinski definition) is 6. The summed E-state index contributed by atoms with van der Waals surface area (Å²) < 4.78 is 0. The van der Waals surface area contributed by atoms with Gasteiger partial charge in [-0.1, -0.05) is 0 Å². The van der Waals surface area contributed by atoms with E-state index in [9.17, 15) is 0 Å². The Kier molecular flexibility index (Phi) is 6.23. The maximum atomic E-state index is 6.31. The lowest BCUT2D eigenvalue weighted by atomic mass is 9.99. The van der Waals surface area contributed by atoms with E-state index in [1.54, 1.807) is 0 Å². The highest BCUT2D eigenvalue weighted by molar-refractivity contribution is 5.79. The van der Waals surface area contributed by atoms with Gasteiger partial charge in [-0.2, -0.15) is 0 Å². The highest BCUT2D eigenvalue weighted by Crippen LogP contribution is 2.38. The van der Waals surface area contributed by atoms with Gasteiger partial charge in [0.1, 0.15) is 5.69 Å². The molecular weight excluding hydrogens is 384 g/mol. The zero-order valence-corrected chi connectivity index (χ0v) is 17.5. The Balaban J connectivity index is 1.76. The molecule has 0 amide bonds. The van der Waals surface area contributed by atoms with Crippen molar-refractivity contribution in [3.8, 4) is 0 Å². The third-order valence-electron chi connectivity index (χ3n) is 6.16. The van der Waals surface area contributed by atoms with Crippen molar-refractivity contribution in [2.24, 2.45) is 34.4 Å². The van der Waals surface area contributed by atoms with Crippen LogP contribution in [0, 0.1) is 0 Å². The molecule has 12 heteroatoms. The fraction of sp³-hybridized carbons (Fsp3) is 0.833. The molecule has 0 radical (unpaired) electrons. The summed E-state index contributed by atoms with van der Waals surface area (Å²) in [6.45, 7) is 3.96. The van der Waals surface area contributed by atoms with Gasteiger partial charge in [-0.15, -0.1) is 10.2 Å².